The second-order valence-corrected chi connectivity index (χ2v) is 7.34. The van der Waals surface area contributed by atoms with Crippen LogP contribution in [0.2, 0.25) is 0 Å². The second-order valence-electron chi connectivity index (χ2n) is 7.34. The van der Waals surface area contributed by atoms with Gasteiger partial charge in [-0.25, -0.2) is 13.5 Å². The quantitative estimate of drug-likeness (QED) is 0.539. The highest BCUT2D eigenvalue weighted by atomic mass is 19.4. The third-order valence-corrected chi connectivity index (χ3v) is 4.85. The molecule has 0 aliphatic rings. The lowest BCUT2D eigenvalue weighted by atomic mass is 10.1. The van der Waals surface area contributed by atoms with Gasteiger partial charge in [-0.05, 0) is 50.6 Å². The number of anilines is 1. The lowest BCUT2D eigenvalue weighted by Gasteiger charge is -2.12. The van der Waals surface area contributed by atoms with Crippen molar-refractivity contribution in [1.29, 1.82) is 0 Å². The molecule has 0 saturated heterocycles. The van der Waals surface area contributed by atoms with Gasteiger partial charge in [0.2, 0.25) is 0 Å². The molecule has 0 fully saturated rings. The van der Waals surface area contributed by atoms with Crippen LogP contribution in [0.5, 0.6) is 0 Å². The molecule has 0 unspecified atom stereocenters. The summed E-state index contributed by atoms with van der Waals surface area (Å²) in [6.07, 6.45) is -4.56. The number of nitrogens with zero attached hydrogens (tertiary/aromatic N) is 2. The van der Waals surface area contributed by atoms with Crippen LogP contribution in [0.3, 0.4) is 0 Å². The van der Waals surface area contributed by atoms with Crippen LogP contribution in [0.25, 0.3) is 5.69 Å². The van der Waals surface area contributed by atoms with E-state index in [4.69, 9.17) is 0 Å². The van der Waals surface area contributed by atoms with E-state index in [1.54, 1.807) is 12.2 Å². The average molecular weight is 466 g/mol. The molecule has 2 amide bonds. The van der Waals surface area contributed by atoms with Gasteiger partial charge in [0.05, 0.1) is 17.0 Å². The molecule has 0 aliphatic carbocycles. The average Bonchev–Trinajstić information content (AvgIpc) is 3.01. The molecule has 2 aromatic carbocycles. The fraction of sp³-hybridized carbons (Fsp3) is 0.227. The molecular weight excluding hydrogens is 447 g/mol. The number of halogens is 5. The minimum atomic E-state index is -4.56. The van der Waals surface area contributed by atoms with Crippen molar-refractivity contribution in [1.82, 2.24) is 15.1 Å². The van der Waals surface area contributed by atoms with E-state index >= 15 is 0 Å². The van der Waals surface area contributed by atoms with Crippen molar-refractivity contribution in [3.8, 4) is 5.69 Å². The number of hydrogen-bond donors (Lipinski definition) is 2. The summed E-state index contributed by atoms with van der Waals surface area (Å²) < 4.78 is 65.7. The predicted octanol–water partition coefficient (Wildman–Crippen LogP) is 4.62. The van der Waals surface area contributed by atoms with Gasteiger partial charge in [-0.3, -0.25) is 9.59 Å². The number of alkyl halides is 3. The van der Waals surface area contributed by atoms with Gasteiger partial charge in [0.1, 0.15) is 18.0 Å². The summed E-state index contributed by atoms with van der Waals surface area (Å²) in [6, 6.07) is 7.03. The van der Waals surface area contributed by atoms with E-state index in [1.165, 1.54) is 42.8 Å². The Kier molecular flexibility index (Phi) is 6.52. The maximum atomic E-state index is 14.2. The highest BCUT2D eigenvalue weighted by molar-refractivity contribution is 6.07. The molecule has 0 bridgehead atoms. The Bertz CT molecular complexity index is 1230. The van der Waals surface area contributed by atoms with E-state index in [9.17, 15) is 31.5 Å². The van der Waals surface area contributed by atoms with Crippen molar-refractivity contribution in [2.24, 2.45) is 0 Å². The maximum Gasteiger partial charge on any atom is 0.405 e. The molecule has 0 radical (unpaired) electrons. The first-order valence-electron chi connectivity index (χ1n) is 9.66. The molecule has 0 spiro atoms. The van der Waals surface area contributed by atoms with Crippen LogP contribution in [0.4, 0.5) is 27.6 Å². The summed E-state index contributed by atoms with van der Waals surface area (Å²) in [7, 11) is 0. The zero-order valence-electron chi connectivity index (χ0n) is 17.8. The number of carbonyl (C=O) groups is 2. The number of aromatic nitrogens is 2. The summed E-state index contributed by atoms with van der Waals surface area (Å²) in [6.45, 7) is 3.22. The highest BCUT2D eigenvalue weighted by Crippen LogP contribution is 2.24. The van der Waals surface area contributed by atoms with Crippen molar-refractivity contribution in [2.45, 2.75) is 26.9 Å². The Balaban J connectivity index is 1.87. The molecule has 0 atom stereocenters. The zero-order chi connectivity index (χ0) is 24.5. The molecule has 174 valence electrons. The molecule has 6 nitrogen and oxygen atoms in total. The Morgan fingerprint density at radius 2 is 1.70 bits per heavy atom. The van der Waals surface area contributed by atoms with Crippen LogP contribution in [-0.4, -0.2) is 34.3 Å². The van der Waals surface area contributed by atoms with Gasteiger partial charge in [-0.2, -0.15) is 18.3 Å². The van der Waals surface area contributed by atoms with Gasteiger partial charge in [-0.15, -0.1) is 0 Å². The largest absolute Gasteiger partial charge is 0.405 e. The third kappa shape index (κ3) is 5.36. The first kappa shape index (κ1) is 23.9. The lowest BCUT2D eigenvalue weighted by Crippen LogP contribution is -2.33. The number of rotatable bonds is 5. The van der Waals surface area contributed by atoms with Crippen LogP contribution < -0.4 is 10.6 Å². The molecule has 1 aromatic heterocycles. The van der Waals surface area contributed by atoms with E-state index < -0.39 is 36.2 Å². The van der Waals surface area contributed by atoms with Crippen molar-refractivity contribution >= 4 is 17.5 Å². The van der Waals surface area contributed by atoms with Crippen LogP contribution in [0, 0.1) is 32.4 Å². The summed E-state index contributed by atoms with van der Waals surface area (Å²) in [5.41, 5.74) is 1.33. The zero-order valence-corrected chi connectivity index (χ0v) is 17.8. The molecule has 2 N–H and O–H groups in total. The third-order valence-electron chi connectivity index (χ3n) is 4.85. The van der Waals surface area contributed by atoms with Crippen molar-refractivity contribution in [3.63, 3.8) is 0 Å². The Hall–Kier alpha value is -3.76. The van der Waals surface area contributed by atoms with Crippen LogP contribution >= 0.6 is 0 Å². The highest BCUT2D eigenvalue weighted by Gasteiger charge is 2.28. The van der Waals surface area contributed by atoms with Gasteiger partial charge in [0.25, 0.3) is 11.8 Å². The fourth-order valence-electron chi connectivity index (χ4n) is 3.22. The molecule has 0 saturated carbocycles. The number of carbonyl (C=O) groups excluding carboxylic acids is 2. The first-order valence-corrected chi connectivity index (χ1v) is 9.66. The van der Waals surface area contributed by atoms with Crippen molar-refractivity contribution in [2.75, 3.05) is 11.9 Å². The number of hydrogen-bond acceptors (Lipinski definition) is 3. The molecule has 33 heavy (non-hydrogen) atoms. The topological polar surface area (TPSA) is 76.0 Å². The lowest BCUT2D eigenvalue weighted by molar-refractivity contribution is -0.123. The number of aryl methyl sites for hydroxylation is 2. The van der Waals surface area contributed by atoms with Gasteiger partial charge >= 0.3 is 6.18 Å². The molecule has 3 aromatic rings. The SMILES string of the molecule is Cc1ccc(C(=O)NCC(F)(F)F)cc1NC(=O)c1c(C)nn(-c2ccc(F)cc2F)c1C. The first-order chi connectivity index (χ1) is 15.4. The van der Waals surface area contributed by atoms with E-state index in [2.05, 4.69) is 10.4 Å². The summed E-state index contributed by atoms with van der Waals surface area (Å²) in [5.74, 6) is -3.18. The van der Waals surface area contributed by atoms with Gasteiger partial charge < -0.3 is 10.6 Å². The predicted molar refractivity (Wildman–Crippen MR) is 110 cm³/mol. The fourth-order valence-corrected chi connectivity index (χ4v) is 3.22. The second kappa shape index (κ2) is 9.00. The van der Waals surface area contributed by atoms with E-state index in [1.807, 2.05) is 0 Å². The molecule has 11 heteroatoms. The van der Waals surface area contributed by atoms with Gasteiger partial charge in [-0.1, -0.05) is 6.07 Å². The Morgan fingerprint density at radius 1 is 1.00 bits per heavy atom. The van der Waals surface area contributed by atoms with Crippen molar-refractivity contribution < 1.29 is 31.5 Å². The minimum Gasteiger partial charge on any atom is -0.343 e. The number of amides is 2. The van der Waals surface area contributed by atoms with Gasteiger partial charge in [0.15, 0.2) is 5.82 Å². The summed E-state index contributed by atoms with van der Waals surface area (Å²) in [5, 5.41) is 8.56. The smallest absolute Gasteiger partial charge is 0.343 e. The Morgan fingerprint density at radius 3 is 2.33 bits per heavy atom. The van der Waals surface area contributed by atoms with E-state index in [0.29, 0.717) is 11.6 Å². The normalized spacial score (nSPS) is 11.4. The van der Waals surface area contributed by atoms with Crippen LogP contribution in [0.1, 0.15) is 37.7 Å². The monoisotopic (exact) mass is 466 g/mol. The number of benzene rings is 2. The molecule has 0 aliphatic heterocycles. The maximum absolute atomic E-state index is 14.2. The van der Waals surface area contributed by atoms with Crippen molar-refractivity contribution in [3.05, 3.63) is 76.1 Å². The van der Waals surface area contributed by atoms with E-state index in [0.717, 1.165) is 6.07 Å². The standard InChI is InChI=1S/C22H19F5N4O2/c1-11-4-5-14(20(32)28-10-22(25,26)27)8-17(11)29-21(33)19-12(2)30-31(13(19)3)18-7-6-15(23)9-16(18)24/h4-9H,10H2,1-3H3,(H,28,32)(H,29,33). The number of nitrogens with one attached hydrogen (secondary N) is 2. The molecule has 3 rings (SSSR count). The Labute approximate surface area is 185 Å². The van der Waals surface area contributed by atoms with E-state index in [-0.39, 0.29) is 33.9 Å². The molecule has 1 heterocycles. The minimum absolute atomic E-state index is 0.0458. The van der Waals surface area contributed by atoms with Crippen LogP contribution in [-0.2, 0) is 0 Å². The summed E-state index contributed by atoms with van der Waals surface area (Å²) >= 11 is 0. The molecular formula is C22H19F5N4O2. The summed E-state index contributed by atoms with van der Waals surface area (Å²) in [4.78, 5) is 25.0. The van der Waals surface area contributed by atoms with Gasteiger partial charge in [0, 0.05) is 17.3 Å². The van der Waals surface area contributed by atoms with Crippen LogP contribution in [0.15, 0.2) is 36.4 Å².